The van der Waals surface area contributed by atoms with Gasteiger partial charge in [-0.1, -0.05) is 6.07 Å². The van der Waals surface area contributed by atoms with Crippen molar-refractivity contribution in [3.63, 3.8) is 0 Å². The molecule has 100 valence electrons. The first-order chi connectivity index (χ1) is 8.58. The van der Waals surface area contributed by atoms with Crippen molar-refractivity contribution in [3.8, 4) is 5.75 Å². The van der Waals surface area contributed by atoms with E-state index in [1.165, 1.54) is 14.0 Å². The lowest BCUT2D eigenvalue weighted by Crippen LogP contribution is -2.08. The normalized spacial score (nSPS) is 12.0. The van der Waals surface area contributed by atoms with Gasteiger partial charge in [-0.05, 0) is 30.5 Å². The Bertz CT molecular complexity index is 406. The van der Waals surface area contributed by atoms with Gasteiger partial charge in [0.15, 0.2) is 0 Å². The molecule has 0 bridgehead atoms. The molecule has 0 aliphatic carbocycles. The SMILES string of the molecule is COc1ccc(C(O)CCCO)cc1NC(C)=O. The molecule has 0 saturated heterocycles. The first-order valence-corrected chi connectivity index (χ1v) is 5.83. The molecule has 1 amide bonds. The quantitative estimate of drug-likeness (QED) is 0.717. The molecule has 1 aromatic rings. The third kappa shape index (κ3) is 4.01. The second-order valence-electron chi connectivity index (χ2n) is 4.02. The molecular weight excluding hydrogens is 234 g/mol. The second-order valence-corrected chi connectivity index (χ2v) is 4.02. The number of hydrogen-bond donors (Lipinski definition) is 3. The molecule has 0 fully saturated rings. The standard InChI is InChI=1S/C13H19NO4/c1-9(16)14-11-8-10(5-6-13(11)18-2)12(17)4-3-7-15/h5-6,8,12,15,17H,3-4,7H2,1-2H3,(H,14,16). The third-order valence-corrected chi connectivity index (χ3v) is 2.55. The molecule has 1 atom stereocenters. The largest absolute Gasteiger partial charge is 0.495 e. The molecule has 3 N–H and O–H groups in total. The molecule has 1 rings (SSSR count). The highest BCUT2D eigenvalue weighted by Crippen LogP contribution is 2.29. The van der Waals surface area contributed by atoms with Gasteiger partial charge in [-0.15, -0.1) is 0 Å². The summed E-state index contributed by atoms with van der Waals surface area (Å²) in [4.78, 5) is 11.1. The number of amides is 1. The minimum absolute atomic E-state index is 0.0474. The summed E-state index contributed by atoms with van der Waals surface area (Å²) in [6.07, 6.45) is 0.348. The fourth-order valence-electron chi connectivity index (χ4n) is 1.67. The molecule has 5 heteroatoms. The number of aliphatic hydroxyl groups excluding tert-OH is 2. The zero-order valence-electron chi connectivity index (χ0n) is 10.6. The molecule has 0 saturated carbocycles. The van der Waals surface area contributed by atoms with Gasteiger partial charge in [-0.3, -0.25) is 4.79 Å². The van der Waals surface area contributed by atoms with E-state index in [-0.39, 0.29) is 12.5 Å². The number of ether oxygens (including phenoxy) is 1. The van der Waals surface area contributed by atoms with Crippen LogP contribution >= 0.6 is 0 Å². The first kappa shape index (κ1) is 14.5. The van der Waals surface area contributed by atoms with Gasteiger partial charge in [-0.2, -0.15) is 0 Å². The van der Waals surface area contributed by atoms with E-state index in [0.29, 0.717) is 29.8 Å². The Balaban J connectivity index is 2.90. The summed E-state index contributed by atoms with van der Waals surface area (Å²) in [5.74, 6) is 0.346. The maximum absolute atomic E-state index is 11.1. The summed E-state index contributed by atoms with van der Waals surface area (Å²) in [5.41, 5.74) is 1.22. The molecule has 1 aromatic carbocycles. The van der Waals surface area contributed by atoms with Crippen molar-refractivity contribution in [1.82, 2.24) is 0 Å². The van der Waals surface area contributed by atoms with Crippen LogP contribution in [0.2, 0.25) is 0 Å². The van der Waals surface area contributed by atoms with Crippen LogP contribution in [0.3, 0.4) is 0 Å². The number of hydrogen-bond acceptors (Lipinski definition) is 4. The molecule has 0 aromatic heterocycles. The van der Waals surface area contributed by atoms with E-state index in [1.807, 2.05) is 0 Å². The first-order valence-electron chi connectivity index (χ1n) is 5.83. The van der Waals surface area contributed by atoms with Gasteiger partial charge >= 0.3 is 0 Å². The number of methoxy groups -OCH3 is 1. The van der Waals surface area contributed by atoms with Gasteiger partial charge in [0.05, 0.1) is 18.9 Å². The number of anilines is 1. The fourth-order valence-corrected chi connectivity index (χ4v) is 1.67. The summed E-state index contributed by atoms with van der Waals surface area (Å²) in [7, 11) is 1.52. The molecule has 0 radical (unpaired) electrons. The summed E-state index contributed by atoms with van der Waals surface area (Å²) < 4.78 is 5.13. The fraction of sp³-hybridized carbons (Fsp3) is 0.462. The lowest BCUT2D eigenvalue weighted by Gasteiger charge is -2.14. The van der Waals surface area contributed by atoms with Crippen LogP contribution in [0, 0.1) is 0 Å². The van der Waals surface area contributed by atoms with Crippen molar-refractivity contribution in [1.29, 1.82) is 0 Å². The Hall–Kier alpha value is -1.59. The number of carbonyl (C=O) groups excluding carboxylic acids is 1. The zero-order valence-corrected chi connectivity index (χ0v) is 10.6. The van der Waals surface area contributed by atoms with Crippen LogP contribution in [-0.4, -0.2) is 29.8 Å². The molecule has 18 heavy (non-hydrogen) atoms. The number of rotatable bonds is 6. The lowest BCUT2D eigenvalue weighted by atomic mass is 10.0. The Labute approximate surface area is 106 Å². The van der Waals surface area contributed by atoms with Gasteiger partial charge in [0, 0.05) is 13.5 Å². The van der Waals surface area contributed by atoms with E-state index in [9.17, 15) is 9.90 Å². The van der Waals surface area contributed by atoms with Crippen LogP contribution in [0.1, 0.15) is 31.4 Å². The lowest BCUT2D eigenvalue weighted by molar-refractivity contribution is -0.114. The molecular formula is C13H19NO4. The van der Waals surface area contributed by atoms with Gasteiger partial charge in [-0.25, -0.2) is 0 Å². The van der Waals surface area contributed by atoms with Crippen molar-refractivity contribution < 1.29 is 19.7 Å². The van der Waals surface area contributed by atoms with Crippen LogP contribution in [-0.2, 0) is 4.79 Å². The number of aliphatic hydroxyl groups is 2. The zero-order chi connectivity index (χ0) is 13.5. The minimum atomic E-state index is -0.657. The summed E-state index contributed by atoms with van der Waals surface area (Å²) in [6, 6.07) is 5.12. The second kappa shape index (κ2) is 6.98. The van der Waals surface area contributed by atoms with Crippen LogP contribution < -0.4 is 10.1 Å². The maximum Gasteiger partial charge on any atom is 0.221 e. The van der Waals surface area contributed by atoms with Crippen molar-refractivity contribution in [2.24, 2.45) is 0 Å². The van der Waals surface area contributed by atoms with E-state index >= 15 is 0 Å². The van der Waals surface area contributed by atoms with Crippen LogP contribution in [0.25, 0.3) is 0 Å². The van der Waals surface area contributed by atoms with E-state index in [0.717, 1.165) is 0 Å². The van der Waals surface area contributed by atoms with Gasteiger partial charge < -0.3 is 20.3 Å². The van der Waals surface area contributed by atoms with Crippen molar-refractivity contribution in [2.45, 2.75) is 25.9 Å². The molecule has 5 nitrogen and oxygen atoms in total. The highest BCUT2D eigenvalue weighted by molar-refractivity contribution is 5.90. The van der Waals surface area contributed by atoms with Crippen LogP contribution in [0.15, 0.2) is 18.2 Å². The number of nitrogens with one attached hydrogen (secondary N) is 1. The highest BCUT2D eigenvalue weighted by Gasteiger charge is 2.11. The Morgan fingerprint density at radius 3 is 2.78 bits per heavy atom. The van der Waals surface area contributed by atoms with E-state index in [2.05, 4.69) is 5.32 Å². The van der Waals surface area contributed by atoms with Crippen LogP contribution in [0.5, 0.6) is 5.75 Å². The van der Waals surface area contributed by atoms with Crippen molar-refractivity contribution in [2.75, 3.05) is 19.0 Å². The Morgan fingerprint density at radius 2 is 2.22 bits per heavy atom. The molecule has 0 aliphatic rings. The predicted molar refractivity (Wildman–Crippen MR) is 68.6 cm³/mol. The van der Waals surface area contributed by atoms with Crippen molar-refractivity contribution in [3.05, 3.63) is 23.8 Å². The molecule has 0 aliphatic heterocycles. The number of benzene rings is 1. The number of carbonyl (C=O) groups is 1. The Kier molecular flexibility index (Phi) is 5.61. The minimum Gasteiger partial charge on any atom is -0.495 e. The highest BCUT2D eigenvalue weighted by atomic mass is 16.5. The van der Waals surface area contributed by atoms with Gasteiger partial charge in [0.1, 0.15) is 5.75 Å². The van der Waals surface area contributed by atoms with E-state index in [1.54, 1.807) is 18.2 Å². The summed E-state index contributed by atoms with van der Waals surface area (Å²) in [6.45, 7) is 1.46. The summed E-state index contributed by atoms with van der Waals surface area (Å²) >= 11 is 0. The third-order valence-electron chi connectivity index (χ3n) is 2.55. The molecule has 0 heterocycles. The van der Waals surface area contributed by atoms with Gasteiger partial charge in [0.2, 0.25) is 5.91 Å². The smallest absolute Gasteiger partial charge is 0.221 e. The predicted octanol–water partition coefficient (Wildman–Crippen LogP) is 1.46. The van der Waals surface area contributed by atoms with Crippen molar-refractivity contribution >= 4 is 11.6 Å². The monoisotopic (exact) mass is 253 g/mol. The molecule has 0 spiro atoms. The van der Waals surface area contributed by atoms with Crippen LogP contribution in [0.4, 0.5) is 5.69 Å². The average molecular weight is 253 g/mol. The summed E-state index contributed by atoms with van der Waals surface area (Å²) in [5, 5.41) is 21.3. The Morgan fingerprint density at radius 1 is 1.50 bits per heavy atom. The van der Waals surface area contributed by atoms with E-state index in [4.69, 9.17) is 9.84 Å². The average Bonchev–Trinajstić information content (AvgIpc) is 2.35. The topological polar surface area (TPSA) is 78.8 Å². The van der Waals surface area contributed by atoms with Gasteiger partial charge in [0.25, 0.3) is 0 Å². The molecule has 1 unspecified atom stereocenters. The van der Waals surface area contributed by atoms with E-state index < -0.39 is 6.10 Å². The maximum atomic E-state index is 11.1.